The fraction of sp³-hybridized carbons (Fsp3) is 0.500. The normalized spacial score (nSPS) is 16.9. The van der Waals surface area contributed by atoms with Gasteiger partial charge in [0.1, 0.15) is 0 Å². The van der Waals surface area contributed by atoms with Crippen molar-refractivity contribution in [1.29, 1.82) is 0 Å². The van der Waals surface area contributed by atoms with Gasteiger partial charge < -0.3 is 10.8 Å². The summed E-state index contributed by atoms with van der Waals surface area (Å²) >= 11 is 1.31. The lowest BCUT2D eigenvalue weighted by Gasteiger charge is -2.23. The summed E-state index contributed by atoms with van der Waals surface area (Å²) in [5.41, 5.74) is 5.64. The minimum absolute atomic E-state index is 0.159. The number of rotatable bonds is 2. The molecule has 0 atom stereocenters. The third kappa shape index (κ3) is 1.39. The molecule has 13 heavy (non-hydrogen) atoms. The summed E-state index contributed by atoms with van der Waals surface area (Å²) in [4.78, 5) is 15.4. The van der Waals surface area contributed by atoms with E-state index in [0.717, 1.165) is 17.7 Å². The van der Waals surface area contributed by atoms with Crippen LogP contribution < -0.4 is 5.73 Å². The van der Waals surface area contributed by atoms with Crippen molar-refractivity contribution in [1.82, 2.24) is 4.98 Å². The molecule has 0 spiro atoms. The van der Waals surface area contributed by atoms with E-state index in [1.807, 2.05) is 0 Å². The summed E-state index contributed by atoms with van der Waals surface area (Å²) in [5, 5.41) is 9.20. The number of aromatic nitrogens is 1. The van der Waals surface area contributed by atoms with Crippen molar-refractivity contribution >= 4 is 22.4 Å². The van der Waals surface area contributed by atoms with Gasteiger partial charge in [0.15, 0.2) is 10.8 Å². The number of aromatic carboxylic acids is 1. The molecule has 1 fully saturated rings. The quantitative estimate of drug-likeness (QED) is 0.758. The molecule has 2 rings (SSSR count). The highest BCUT2D eigenvalue weighted by molar-refractivity contribution is 7.15. The van der Waals surface area contributed by atoms with E-state index in [1.165, 1.54) is 17.8 Å². The molecule has 1 heterocycles. The number of hydrogen-bond acceptors (Lipinski definition) is 4. The zero-order valence-corrected chi connectivity index (χ0v) is 7.80. The van der Waals surface area contributed by atoms with Crippen LogP contribution in [0.3, 0.4) is 0 Å². The van der Waals surface area contributed by atoms with E-state index in [1.54, 1.807) is 0 Å². The van der Waals surface area contributed by atoms with Crippen LogP contribution in [0.5, 0.6) is 0 Å². The Labute approximate surface area is 79.4 Å². The maximum Gasteiger partial charge on any atom is 0.355 e. The Hall–Kier alpha value is -1.10. The Morgan fingerprint density at radius 2 is 2.31 bits per heavy atom. The molecule has 3 N–H and O–H groups in total. The number of nitrogens with two attached hydrogens (primary N) is 1. The first-order chi connectivity index (χ1) is 6.18. The van der Waals surface area contributed by atoms with Crippen molar-refractivity contribution in [2.45, 2.75) is 25.2 Å². The molecule has 0 bridgehead atoms. The van der Waals surface area contributed by atoms with Crippen LogP contribution in [0.4, 0.5) is 5.13 Å². The number of carbonyl (C=O) groups is 1. The van der Waals surface area contributed by atoms with Gasteiger partial charge in [0.2, 0.25) is 0 Å². The number of nitrogen functional groups attached to an aromatic ring is 1. The van der Waals surface area contributed by atoms with Gasteiger partial charge in [-0.15, -0.1) is 11.3 Å². The molecule has 0 amide bonds. The standard InChI is InChI=1S/C8H10N2O2S/c9-8-10-5(7(11)12)6(13-8)4-2-1-3-4/h4H,1-3H2,(H2,9,10)(H,11,12). The van der Waals surface area contributed by atoms with E-state index < -0.39 is 5.97 Å². The van der Waals surface area contributed by atoms with Crippen molar-refractivity contribution < 1.29 is 9.90 Å². The summed E-state index contributed by atoms with van der Waals surface area (Å²) in [6, 6.07) is 0. The van der Waals surface area contributed by atoms with Crippen LogP contribution in [0, 0.1) is 0 Å². The van der Waals surface area contributed by atoms with Gasteiger partial charge in [0, 0.05) is 4.88 Å². The van der Waals surface area contributed by atoms with Crippen LogP contribution in [-0.2, 0) is 0 Å². The molecule has 1 saturated carbocycles. The molecular weight excluding hydrogens is 188 g/mol. The molecule has 70 valence electrons. The summed E-state index contributed by atoms with van der Waals surface area (Å²) in [7, 11) is 0. The topological polar surface area (TPSA) is 76.2 Å². The van der Waals surface area contributed by atoms with Gasteiger partial charge in [-0.1, -0.05) is 6.42 Å². The molecule has 0 aromatic carbocycles. The van der Waals surface area contributed by atoms with Crippen LogP contribution in [0.15, 0.2) is 0 Å². The highest BCUT2D eigenvalue weighted by Gasteiger charge is 2.27. The molecule has 1 aromatic heterocycles. The minimum atomic E-state index is -0.963. The van der Waals surface area contributed by atoms with Crippen LogP contribution >= 0.6 is 11.3 Å². The number of thiazole rings is 1. The van der Waals surface area contributed by atoms with E-state index in [-0.39, 0.29) is 5.69 Å². The predicted molar refractivity (Wildman–Crippen MR) is 50.1 cm³/mol. The van der Waals surface area contributed by atoms with Gasteiger partial charge in [-0.3, -0.25) is 0 Å². The van der Waals surface area contributed by atoms with E-state index >= 15 is 0 Å². The number of hydrogen-bond donors (Lipinski definition) is 2. The number of carboxylic acids is 1. The van der Waals surface area contributed by atoms with Gasteiger partial charge in [0.25, 0.3) is 0 Å². The molecule has 0 saturated heterocycles. The average Bonchev–Trinajstić information content (AvgIpc) is 2.27. The van der Waals surface area contributed by atoms with Gasteiger partial charge in [0.05, 0.1) is 0 Å². The van der Waals surface area contributed by atoms with Crippen LogP contribution in [0.1, 0.15) is 40.5 Å². The smallest absolute Gasteiger partial charge is 0.355 e. The Bertz CT molecular complexity index is 344. The Kier molecular flexibility index (Phi) is 1.95. The van der Waals surface area contributed by atoms with Gasteiger partial charge in [-0.2, -0.15) is 0 Å². The zero-order valence-electron chi connectivity index (χ0n) is 6.99. The fourth-order valence-corrected chi connectivity index (χ4v) is 2.44. The second-order valence-corrected chi connectivity index (χ2v) is 4.26. The largest absolute Gasteiger partial charge is 0.476 e. The summed E-state index contributed by atoms with van der Waals surface area (Å²) in [5.74, 6) is -0.573. The number of carboxylic acid groups (broad SMARTS) is 1. The summed E-state index contributed by atoms with van der Waals surface area (Å²) in [6.45, 7) is 0. The number of nitrogens with zero attached hydrogens (tertiary/aromatic N) is 1. The predicted octanol–water partition coefficient (Wildman–Crippen LogP) is 1.69. The first kappa shape index (κ1) is 8.50. The van der Waals surface area contributed by atoms with Gasteiger partial charge in [-0.05, 0) is 18.8 Å². The SMILES string of the molecule is Nc1nc(C(=O)O)c(C2CCC2)s1. The number of anilines is 1. The summed E-state index contributed by atoms with van der Waals surface area (Å²) < 4.78 is 0. The third-order valence-corrected chi connectivity index (χ3v) is 3.40. The molecule has 0 radical (unpaired) electrons. The van der Waals surface area contributed by atoms with Crippen LogP contribution in [-0.4, -0.2) is 16.1 Å². The molecule has 0 aliphatic heterocycles. The maximum absolute atomic E-state index is 10.8. The van der Waals surface area contributed by atoms with Crippen molar-refractivity contribution in [2.75, 3.05) is 5.73 Å². The second kappa shape index (κ2) is 2.99. The minimum Gasteiger partial charge on any atom is -0.476 e. The van der Waals surface area contributed by atoms with Crippen molar-refractivity contribution in [3.8, 4) is 0 Å². The molecule has 1 aliphatic rings. The van der Waals surface area contributed by atoms with Gasteiger partial charge in [-0.25, -0.2) is 9.78 Å². The third-order valence-electron chi connectivity index (χ3n) is 2.35. The van der Waals surface area contributed by atoms with E-state index in [2.05, 4.69) is 4.98 Å². The second-order valence-electron chi connectivity index (χ2n) is 3.20. The lowest BCUT2D eigenvalue weighted by atomic mass is 9.84. The van der Waals surface area contributed by atoms with E-state index in [0.29, 0.717) is 11.0 Å². The zero-order chi connectivity index (χ0) is 9.42. The lowest BCUT2D eigenvalue weighted by molar-refractivity contribution is 0.0689. The van der Waals surface area contributed by atoms with E-state index in [9.17, 15) is 4.79 Å². The first-order valence-electron chi connectivity index (χ1n) is 4.18. The van der Waals surface area contributed by atoms with Gasteiger partial charge >= 0.3 is 5.97 Å². The maximum atomic E-state index is 10.8. The van der Waals surface area contributed by atoms with Crippen LogP contribution in [0.25, 0.3) is 0 Å². The summed E-state index contributed by atoms with van der Waals surface area (Å²) in [6.07, 6.45) is 3.32. The highest BCUT2D eigenvalue weighted by atomic mass is 32.1. The Morgan fingerprint density at radius 1 is 1.62 bits per heavy atom. The molecule has 0 unspecified atom stereocenters. The average molecular weight is 198 g/mol. The lowest BCUT2D eigenvalue weighted by Crippen LogP contribution is -2.11. The monoisotopic (exact) mass is 198 g/mol. The molecule has 4 nitrogen and oxygen atoms in total. The fourth-order valence-electron chi connectivity index (χ4n) is 1.45. The van der Waals surface area contributed by atoms with Crippen molar-refractivity contribution in [2.24, 2.45) is 0 Å². The Morgan fingerprint density at radius 3 is 2.77 bits per heavy atom. The van der Waals surface area contributed by atoms with Crippen molar-refractivity contribution in [3.63, 3.8) is 0 Å². The van der Waals surface area contributed by atoms with Crippen molar-refractivity contribution in [3.05, 3.63) is 10.6 Å². The highest BCUT2D eigenvalue weighted by Crippen LogP contribution is 2.41. The molecule has 5 heteroatoms. The van der Waals surface area contributed by atoms with E-state index in [4.69, 9.17) is 10.8 Å². The van der Waals surface area contributed by atoms with Crippen LogP contribution in [0.2, 0.25) is 0 Å². The first-order valence-corrected chi connectivity index (χ1v) is 4.99. The molecule has 1 aliphatic carbocycles. The Balaban J connectivity index is 2.36. The molecular formula is C8H10N2O2S. The molecule has 1 aromatic rings.